The lowest BCUT2D eigenvalue weighted by Crippen LogP contribution is -2.58. The number of nitrogens with two attached hydrogens (primary N) is 1. The van der Waals surface area contributed by atoms with E-state index >= 15 is 0 Å². The number of carbonyl (C=O) groups excluding carboxylic acids is 1. The van der Waals surface area contributed by atoms with Crippen LogP contribution < -0.4 is 11.1 Å². The fourth-order valence-corrected chi connectivity index (χ4v) is 2.95. The number of rotatable bonds is 3. The number of amides is 1. The Balaban J connectivity index is 1.87. The predicted octanol–water partition coefficient (Wildman–Crippen LogP) is 0.162. The Morgan fingerprint density at radius 1 is 1.56 bits per heavy atom. The molecule has 0 aromatic rings. The van der Waals surface area contributed by atoms with Gasteiger partial charge in [0.15, 0.2) is 0 Å². The Morgan fingerprint density at radius 3 is 2.94 bits per heavy atom. The molecule has 4 N–H and O–H groups in total. The molecule has 5 heteroatoms. The van der Waals surface area contributed by atoms with Crippen molar-refractivity contribution in [1.82, 2.24) is 5.32 Å². The average molecular weight is 256 g/mol. The Hall–Kier alpha value is -0.650. The van der Waals surface area contributed by atoms with Crippen molar-refractivity contribution < 1.29 is 14.6 Å². The molecule has 3 unspecified atom stereocenters. The van der Waals surface area contributed by atoms with Crippen molar-refractivity contribution in [2.45, 2.75) is 50.2 Å². The molecule has 0 aromatic carbocycles. The fraction of sp³-hybridized carbons (Fsp3) is 0.923. The van der Waals surface area contributed by atoms with E-state index in [1.54, 1.807) is 0 Å². The third kappa shape index (κ3) is 3.02. The maximum atomic E-state index is 12.2. The third-order valence-electron chi connectivity index (χ3n) is 4.15. The summed E-state index contributed by atoms with van der Waals surface area (Å²) in [5.74, 6) is 0.363. The summed E-state index contributed by atoms with van der Waals surface area (Å²) in [5.41, 5.74) is 4.53. The predicted molar refractivity (Wildman–Crippen MR) is 67.9 cm³/mol. The number of hydrogen-bond acceptors (Lipinski definition) is 4. The first-order valence-electron chi connectivity index (χ1n) is 6.81. The normalized spacial score (nSPS) is 40.7. The molecule has 0 spiro atoms. The Labute approximate surface area is 108 Å². The largest absolute Gasteiger partial charge is 0.386 e. The van der Waals surface area contributed by atoms with Gasteiger partial charge >= 0.3 is 0 Å². The van der Waals surface area contributed by atoms with Crippen LogP contribution in [-0.4, -0.2) is 41.9 Å². The summed E-state index contributed by atoms with van der Waals surface area (Å²) in [6, 6.07) is 0. The monoisotopic (exact) mass is 256 g/mol. The van der Waals surface area contributed by atoms with Gasteiger partial charge in [0.25, 0.3) is 0 Å². The molecule has 5 nitrogen and oxygen atoms in total. The Kier molecular flexibility index (Phi) is 3.94. The van der Waals surface area contributed by atoms with E-state index < -0.39 is 11.1 Å². The second kappa shape index (κ2) is 5.15. The van der Waals surface area contributed by atoms with Crippen molar-refractivity contribution >= 4 is 5.91 Å². The molecular formula is C13H24N2O3. The Bertz CT molecular complexity index is 315. The molecule has 3 atom stereocenters. The fourth-order valence-electron chi connectivity index (χ4n) is 2.95. The van der Waals surface area contributed by atoms with Crippen LogP contribution in [0.3, 0.4) is 0 Å². The number of carbonyl (C=O) groups is 1. The average Bonchev–Trinajstić information content (AvgIpc) is 2.73. The highest BCUT2D eigenvalue weighted by molar-refractivity contribution is 5.86. The summed E-state index contributed by atoms with van der Waals surface area (Å²) < 4.78 is 5.15. The van der Waals surface area contributed by atoms with E-state index in [4.69, 9.17) is 10.5 Å². The number of nitrogens with one attached hydrogen (secondary N) is 1. The SMILES string of the molecule is CC1CCCC(N)(C(=O)NCC2(O)CCOC2)C1. The minimum atomic E-state index is -0.910. The van der Waals surface area contributed by atoms with Crippen LogP contribution in [0.2, 0.25) is 0 Å². The maximum Gasteiger partial charge on any atom is 0.240 e. The van der Waals surface area contributed by atoms with Crippen LogP contribution in [0.1, 0.15) is 39.0 Å². The number of ether oxygens (including phenoxy) is 1. The minimum absolute atomic E-state index is 0.130. The molecule has 2 rings (SSSR count). The molecule has 18 heavy (non-hydrogen) atoms. The molecule has 104 valence electrons. The molecule has 0 aromatic heterocycles. The van der Waals surface area contributed by atoms with Crippen LogP contribution >= 0.6 is 0 Å². The van der Waals surface area contributed by atoms with Crippen molar-refractivity contribution in [3.63, 3.8) is 0 Å². The maximum absolute atomic E-state index is 12.2. The quantitative estimate of drug-likeness (QED) is 0.671. The van der Waals surface area contributed by atoms with Gasteiger partial charge in [0.05, 0.1) is 12.1 Å². The summed E-state index contributed by atoms with van der Waals surface area (Å²) in [4.78, 5) is 12.2. The van der Waals surface area contributed by atoms with E-state index in [0.29, 0.717) is 25.6 Å². The highest BCUT2D eigenvalue weighted by Gasteiger charge is 2.40. The van der Waals surface area contributed by atoms with Gasteiger partial charge in [-0.1, -0.05) is 19.8 Å². The second-order valence-electron chi connectivity index (χ2n) is 6.07. The van der Waals surface area contributed by atoms with Crippen molar-refractivity contribution in [3.05, 3.63) is 0 Å². The van der Waals surface area contributed by atoms with Crippen LogP contribution in [0.4, 0.5) is 0 Å². The zero-order chi connectivity index (χ0) is 13.2. The smallest absolute Gasteiger partial charge is 0.240 e. The summed E-state index contributed by atoms with van der Waals surface area (Å²) >= 11 is 0. The van der Waals surface area contributed by atoms with Crippen molar-refractivity contribution in [2.24, 2.45) is 11.7 Å². The first-order valence-corrected chi connectivity index (χ1v) is 6.81. The van der Waals surface area contributed by atoms with Gasteiger partial charge in [0, 0.05) is 19.6 Å². The Morgan fingerprint density at radius 2 is 2.33 bits per heavy atom. The molecule has 0 bridgehead atoms. The van der Waals surface area contributed by atoms with Crippen molar-refractivity contribution in [3.8, 4) is 0 Å². The third-order valence-corrected chi connectivity index (χ3v) is 4.15. The summed E-state index contributed by atoms with van der Waals surface area (Å²) in [7, 11) is 0. The summed E-state index contributed by atoms with van der Waals surface area (Å²) in [6.07, 6.45) is 4.18. The zero-order valence-electron chi connectivity index (χ0n) is 11.1. The standard InChI is InChI=1S/C13H24N2O3/c1-10-3-2-4-13(14,7-10)11(16)15-8-12(17)5-6-18-9-12/h10,17H,2-9,14H2,1H3,(H,15,16). The molecule has 0 radical (unpaired) electrons. The molecule has 1 heterocycles. The highest BCUT2D eigenvalue weighted by Crippen LogP contribution is 2.30. The van der Waals surface area contributed by atoms with Gasteiger partial charge in [-0.3, -0.25) is 4.79 Å². The molecular weight excluding hydrogens is 232 g/mol. The van der Waals surface area contributed by atoms with Crippen molar-refractivity contribution in [1.29, 1.82) is 0 Å². The summed E-state index contributed by atoms with van der Waals surface area (Å²) in [6.45, 7) is 3.21. The molecule has 1 saturated heterocycles. The highest BCUT2D eigenvalue weighted by atomic mass is 16.5. The summed E-state index contributed by atoms with van der Waals surface area (Å²) in [5, 5.41) is 12.9. The first kappa shape index (κ1) is 13.8. The number of aliphatic hydroxyl groups is 1. The lowest BCUT2D eigenvalue weighted by molar-refractivity contribution is -0.129. The van der Waals surface area contributed by atoms with Gasteiger partial charge in [0.2, 0.25) is 5.91 Å². The first-order chi connectivity index (χ1) is 8.44. The number of hydrogen-bond donors (Lipinski definition) is 3. The lowest BCUT2D eigenvalue weighted by Gasteiger charge is -2.36. The minimum Gasteiger partial charge on any atom is -0.386 e. The molecule has 1 aliphatic carbocycles. The van der Waals surface area contributed by atoms with E-state index in [2.05, 4.69) is 12.2 Å². The van der Waals surface area contributed by atoms with Crippen LogP contribution in [0.25, 0.3) is 0 Å². The van der Waals surface area contributed by atoms with Crippen LogP contribution in [0.5, 0.6) is 0 Å². The van der Waals surface area contributed by atoms with E-state index in [1.807, 2.05) is 0 Å². The molecule has 1 aliphatic heterocycles. The van der Waals surface area contributed by atoms with Gasteiger partial charge in [-0.25, -0.2) is 0 Å². The second-order valence-corrected chi connectivity index (χ2v) is 6.07. The molecule has 1 amide bonds. The van der Waals surface area contributed by atoms with Crippen molar-refractivity contribution in [2.75, 3.05) is 19.8 Å². The van der Waals surface area contributed by atoms with E-state index in [9.17, 15) is 9.90 Å². The van der Waals surface area contributed by atoms with Gasteiger partial charge in [-0.2, -0.15) is 0 Å². The molecule has 2 aliphatic rings. The van der Waals surface area contributed by atoms with E-state index in [0.717, 1.165) is 25.7 Å². The van der Waals surface area contributed by atoms with E-state index in [-0.39, 0.29) is 12.5 Å². The van der Waals surface area contributed by atoms with E-state index in [1.165, 1.54) is 0 Å². The zero-order valence-corrected chi connectivity index (χ0v) is 11.1. The van der Waals surface area contributed by atoms with Gasteiger partial charge in [-0.15, -0.1) is 0 Å². The lowest BCUT2D eigenvalue weighted by atomic mass is 9.76. The molecule has 1 saturated carbocycles. The van der Waals surface area contributed by atoms with Crippen LogP contribution in [0.15, 0.2) is 0 Å². The van der Waals surface area contributed by atoms with Crippen LogP contribution in [0, 0.1) is 5.92 Å². The van der Waals surface area contributed by atoms with Crippen LogP contribution in [-0.2, 0) is 9.53 Å². The van der Waals surface area contributed by atoms with Gasteiger partial charge in [-0.05, 0) is 18.8 Å². The van der Waals surface area contributed by atoms with Gasteiger partial charge < -0.3 is 20.9 Å². The molecule has 2 fully saturated rings. The topological polar surface area (TPSA) is 84.6 Å². The van der Waals surface area contributed by atoms with Gasteiger partial charge in [0.1, 0.15) is 5.60 Å².